The predicted molar refractivity (Wildman–Crippen MR) is 71.3 cm³/mol. The van der Waals surface area contributed by atoms with E-state index in [0.29, 0.717) is 0 Å². The second kappa shape index (κ2) is 4.27. The van der Waals surface area contributed by atoms with Gasteiger partial charge >= 0.3 is 0 Å². The van der Waals surface area contributed by atoms with Crippen LogP contribution in [-0.4, -0.2) is 14.5 Å². The molecule has 0 fully saturated rings. The molecule has 1 unspecified atom stereocenters. The molecular weight excluding hydrogens is 224 g/mol. The zero-order valence-electron chi connectivity index (χ0n) is 10.1. The lowest BCUT2D eigenvalue weighted by Gasteiger charge is -2.07. The van der Waals surface area contributed by atoms with Gasteiger partial charge in [0.25, 0.3) is 0 Å². The molecule has 18 heavy (non-hydrogen) atoms. The molecule has 3 aromatic rings. The maximum Gasteiger partial charge on any atom is 0.0873 e. The first kappa shape index (κ1) is 11.0. The first-order chi connectivity index (χ1) is 8.77. The third-order valence-corrected chi connectivity index (χ3v) is 3.07. The van der Waals surface area contributed by atoms with Crippen LogP contribution in [0.15, 0.2) is 54.9 Å². The Morgan fingerprint density at radius 2 is 2.00 bits per heavy atom. The maximum absolute atomic E-state index is 9.93. The minimum atomic E-state index is -0.512. The first-order valence-corrected chi connectivity index (χ1v) is 5.97. The van der Waals surface area contributed by atoms with E-state index in [1.807, 2.05) is 48.7 Å². The molecule has 3 heterocycles. The second-order valence-electron chi connectivity index (χ2n) is 4.33. The molecule has 0 aliphatic heterocycles. The van der Waals surface area contributed by atoms with Gasteiger partial charge in [-0.15, -0.1) is 0 Å². The van der Waals surface area contributed by atoms with Crippen LogP contribution in [0.2, 0.25) is 0 Å². The zero-order chi connectivity index (χ0) is 12.5. The number of pyridine rings is 2. The van der Waals surface area contributed by atoms with Gasteiger partial charge in [0.2, 0.25) is 0 Å². The molecule has 0 radical (unpaired) electrons. The highest BCUT2D eigenvalue weighted by Crippen LogP contribution is 2.30. The van der Waals surface area contributed by atoms with Crippen LogP contribution in [0.3, 0.4) is 0 Å². The van der Waals surface area contributed by atoms with Crippen molar-refractivity contribution in [3.05, 3.63) is 60.4 Å². The Kier molecular flexibility index (Phi) is 2.61. The summed E-state index contributed by atoms with van der Waals surface area (Å²) in [6, 6.07) is 13.8. The van der Waals surface area contributed by atoms with E-state index in [0.717, 1.165) is 22.5 Å². The summed E-state index contributed by atoms with van der Waals surface area (Å²) in [5.74, 6) is 0. The third kappa shape index (κ3) is 1.69. The molecule has 3 nitrogen and oxygen atoms in total. The summed E-state index contributed by atoms with van der Waals surface area (Å²) < 4.78 is 2.06. The van der Waals surface area contributed by atoms with Gasteiger partial charge in [-0.3, -0.25) is 4.98 Å². The number of fused-ring (bicyclic) bond motifs is 1. The Bertz CT molecular complexity index is 671. The fourth-order valence-corrected chi connectivity index (χ4v) is 2.24. The summed E-state index contributed by atoms with van der Waals surface area (Å²) in [6.07, 6.45) is 3.25. The van der Waals surface area contributed by atoms with Crippen molar-refractivity contribution in [3.8, 4) is 11.4 Å². The monoisotopic (exact) mass is 238 g/mol. The smallest absolute Gasteiger partial charge is 0.0873 e. The maximum atomic E-state index is 9.93. The largest absolute Gasteiger partial charge is 0.389 e. The van der Waals surface area contributed by atoms with Gasteiger partial charge in [0, 0.05) is 23.5 Å². The number of hydrogen-bond donors (Lipinski definition) is 1. The summed E-state index contributed by atoms with van der Waals surface area (Å²) in [7, 11) is 0. The van der Waals surface area contributed by atoms with Crippen LogP contribution in [0, 0.1) is 0 Å². The number of aliphatic hydroxyl groups excluding tert-OH is 1. The van der Waals surface area contributed by atoms with E-state index in [9.17, 15) is 5.11 Å². The number of nitrogens with zero attached hydrogens (tertiary/aromatic N) is 2. The minimum absolute atomic E-state index is 0.512. The molecule has 0 amide bonds. The Balaban J connectivity index is 2.35. The number of aliphatic hydroxyl groups is 1. The van der Waals surface area contributed by atoms with Crippen molar-refractivity contribution in [3.63, 3.8) is 0 Å². The molecule has 3 heteroatoms. The van der Waals surface area contributed by atoms with E-state index in [1.165, 1.54) is 0 Å². The van der Waals surface area contributed by atoms with Gasteiger partial charge in [-0.25, -0.2) is 0 Å². The highest BCUT2D eigenvalue weighted by molar-refractivity contribution is 5.69. The van der Waals surface area contributed by atoms with Crippen LogP contribution < -0.4 is 0 Å². The molecule has 0 aliphatic rings. The van der Waals surface area contributed by atoms with Crippen LogP contribution in [-0.2, 0) is 0 Å². The first-order valence-electron chi connectivity index (χ1n) is 5.97. The molecule has 90 valence electrons. The number of aromatic nitrogens is 2. The summed E-state index contributed by atoms with van der Waals surface area (Å²) >= 11 is 0. The lowest BCUT2D eigenvalue weighted by atomic mass is 10.1. The molecule has 1 atom stereocenters. The predicted octanol–water partition coefficient (Wildman–Crippen LogP) is 3.05. The summed E-state index contributed by atoms with van der Waals surface area (Å²) in [5.41, 5.74) is 3.80. The van der Waals surface area contributed by atoms with E-state index >= 15 is 0 Å². The molecule has 0 aromatic carbocycles. The molecule has 0 saturated carbocycles. The van der Waals surface area contributed by atoms with Crippen LogP contribution >= 0.6 is 0 Å². The SMILES string of the molecule is CC(O)c1cc2ccccn2c1-c1ccccn1. The Morgan fingerprint density at radius 3 is 2.72 bits per heavy atom. The minimum Gasteiger partial charge on any atom is -0.389 e. The molecule has 0 bridgehead atoms. The topological polar surface area (TPSA) is 37.5 Å². The Labute approximate surface area is 105 Å². The van der Waals surface area contributed by atoms with Gasteiger partial charge in [0.15, 0.2) is 0 Å². The van der Waals surface area contributed by atoms with Gasteiger partial charge in [-0.1, -0.05) is 12.1 Å². The molecule has 3 aromatic heterocycles. The van der Waals surface area contributed by atoms with Gasteiger partial charge in [-0.05, 0) is 37.3 Å². The van der Waals surface area contributed by atoms with E-state index in [-0.39, 0.29) is 0 Å². The van der Waals surface area contributed by atoms with Gasteiger partial charge in [0.05, 0.1) is 17.5 Å². The normalized spacial score (nSPS) is 12.8. The Morgan fingerprint density at radius 1 is 1.17 bits per heavy atom. The number of hydrogen-bond acceptors (Lipinski definition) is 2. The summed E-state index contributed by atoms with van der Waals surface area (Å²) in [5, 5.41) is 9.93. The zero-order valence-corrected chi connectivity index (χ0v) is 10.1. The van der Waals surface area contributed by atoms with Crippen LogP contribution in [0.5, 0.6) is 0 Å². The van der Waals surface area contributed by atoms with Gasteiger partial charge in [0.1, 0.15) is 0 Å². The van der Waals surface area contributed by atoms with Crippen molar-refractivity contribution < 1.29 is 5.11 Å². The van der Waals surface area contributed by atoms with Gasteiger partial charge in [-0.2, -0.15) is 0 Å². The third-order valence-electron chi connectivity index (χ3n) is 3.07. The summed E-state index contributed by atoms with van der Waals surface area (Å²) in [6.45, 7) is 1.78. The van der Waals surface area contributed by atoms with Crippen molar-refractivity contribution in [2.45, 2.75) is 13.0 Å². The van der Waals surface area contributed by atoms with Crippen LogP contribution in [0.4, 0.5) is 0 Å². The standard InChI is InChI=1S/C15H14N2O/c1-11(18)13-10-12-6-3-5-9-17(12)15(13)14-7-2-4-8-16-14/h2-11,18H,1H3. The lowest BCUT2D eigenvalue weighted by Crippen LogP contribution is -1.96. The highest BCUT2D eigenvalue weighted by atomic mass is 16.3. The fraction of sp³-hybridized carbons (Fsp3) is 0.133. The summed E-state index contributed by atoms with van der Waals surface area (Å²) in [4.78, 5) is 4.38. The van der Waals surface area contributed by atoms with Crippen molar-refractivity contribution in [2.24, 2.45) is 0 Å². The van der Waals surface area contributed by atoms with Crippen molar-refractivity contribution in [1.29, 1.82) is 0 Å². The van der Waals surface area contributed by atoms with E-state index in [1.54, 1.807) is 13.1 Å². The molecule has 0 aliphatic carbocycles. The molecular formula is C15H14N2O. The van der Waals surface area contributed by atoms with E-state index in [2.05, 4.69) is 9.38 Å². The molecule has 3 rings (SSSR count). The Hall–Kier alpha value is -2.13. The van der Waals surface area contributed by atoms with E-state index in [4.69, 9.17) is 0 Å². The average Bonchev–Trinajstić information content (AvgIpc) is 2.79. The quantitative estimate of drug-likeness (QED) is 0.745. The van der Waals surface area contributed by atoms with Crippen molar-refractivity contribution in [1.82, 2.24) is 9.38 Å². The molecule has 0 saturated heterocycles. The molecule has 1 N–H and O–H groups in total. The van der Waals surface area contributed by atoms with Crippen molar-refractivity contribution in [2.75, 3.05) is 0 Å². The van der Waals surface area contributed by atoms with Gasteiger partial charge < -0.3 is 9.51 Å². The van der Waals surface area contributed by atoms with Crippen LogP contribution in [0.25, 0.3) is 16.9 Å². The lowest BCUT2D eigenvalue weighted by molar-refractivity contribution is 0.200. The van der Waals surface area contributed by atoms with E-state index < -0.39 is 6.10 Å². The molecule has 0 spiro atoms. The second-order valence-corrected chi connectivity index (χ2v) is 4.33. The fourth-order valence-electron chi connectivity index (χ4n) is 2.24. The average molecular weight is 238 g/mol. The highest BCUT2D eigenvalue weighted by Gasteiger charge is 2.15. The number of rotatable bonds is 2. The van der Waals surface area contributed by atoms with Crippen molar-refractivity contribution >= 4 is 5.52 Å². The van der Waals surface area contributed by atoms with Crippen LogP contribution in [0.1, 0.15) is 18.6 Å².